The first-order valence-corrected chi connectivity index (χ1v) is 9.00. The molecule has 0 saturated heterocycles. The minimum Gasteiger partial charge on any atom is -0.493 e. The Hall–Kier alpha value is -1.36. The van der Waals surface area contributed by atoms with Crippen LogP contribution in [-0.4, -0.2) is 37.7 Å². The van der Waals surface area contributed by atoms with Gasteiger partial charge in [0.1, 0.15) is 5.75 Å². The number of para-hydroxylation sites is 1. The molecule has 1 aliphatic heterocycles. The minimum atomic E-state index is 0.272. The Labute approximate surface area is 131 Å². The monoisotopic (exact) mass is 307 g/mol. The van der Waals surface area contributed by atoms with Crippen LogP contribution < -0.4 is 15.4 Å². The summed E-state index contributed by atoms with van der Waals surface area (Å²) in [5, 5.41) is 6.87. The first-order chi connectivity index (χ1) is 10.3. The average Bonchev–Trinajstić information content (AvgIpc) is 2.52. The number of benzene rings is 1. The molecule has 1 atom stereocenters. The number of thioether (sulfide) groups is 1. The number of hydrogen-bond acceptors (Lipinski definition) is 3. The van der Waals surface area contributed by atoms with Crippen molar-refractivity contribution in [1.82, 2.24) is 10.6 Å². The second kappa shape index (κ2) is 8.82. The molecule has 5 heteroatoms. The molecule has 4 nitrogen and oxygen atoms in total. The Bertz CT molecular complexity index is 465. The Morgan fingerprint density at radius 1 is 1.43 bits per heavy atom. The van der Waals surface area contributed by atoms with Gasteiger partial charge in [0, 0.05) is 25.1 Å². The van der Waals surface area contributed by atoms with Crippen molar-refractivity contribution in [1.29, 1.82) is 0 Å². The maximum absolute atomic E-state index is 5.71. The molecule has 116 valence electrons. The molecule has 0 radical (unpaired) electrons. The maximum Gasteiger partial charge on any atom is 0.191 e. The largest absolute Gasteiger partial charge is 0.493 e. The molecule has 1 aromatic carbocycles. The second-order valence-corrected chi connectivity index (χ2v) is 5.96. The normalized spacial score (nSPS) is 17.8. The summed E-state index contributed by atoms with van der Waals surface area (Å²) in [7, 11) is 0. The molecule has 0 saturated carbocycles. The zero-order chi connectivity index (χ0) is 14.9. The number of nitrogens with zero attached hydrogens (tertiary/aromatic N) is 1. The molecule has 1 aromatic rings. The second-order valence-electron chi connectivity index (χ2n) is 4.98. The van der Waals surface area contributed by atoms with E-state index in [1.54, 1.807) is 0 Å². The standard InChI is InChI=1S/C16H25N3OS/c1-3-17-16(18-10-6-12-21-2)19-14-9-11-20-15-8-5-4-7-13(14)15/h4-5,7-8,14H,3,6,9-12H2,1-2H3,(H2,17,18,19). The highest BCUT2D eigenvalue weighted by atomic mass is 32.2. The van der Waals surface area contributed by atoms with E-state index in [1.807, 2.05) is 23.9 Å². The molecule has 0 aliphatic carbocycles. The van der Waals surface area contributed by atoms with E-state index < -0.39 is 0 Å². The molecule has 0 amide bonds. The molecule has 1 aliphatic rings. The van der Waals surface area contributed by atoms with Crippen LogP contribution in [-0.2, 0) is 0 Å². The summed E-state index contributed by atoms with van der Waals surface area (Å²) in [5.74, 6) is 3.04. The Morgan fingerprint density at radius 3 is 3.10 bits per heavy atom. The summed E-state index contributed by atoms with van der Waals surface area (Å²) >= 11 is 1.87. The molecule has 2 N–H and O–H groups in total. The van der Waals surface area contributed by atoms with Crippen LogP contribution in [0.15, 0.2) is 29.3 Å². The van der Waals surface area contributed by atoms with Crippen molar-refractivity contribution in [2.75, 3.05) is 31.7 Å². The van der Waals surface area contributed by atoms with Crippen molar-refractivity contribution in [2.45, 2.75) is 25.8 Å². The van der Waals surface area contributed by atoms with E-state index in [0.717, 1.165) is 50.0 Å². The SMILES string of the molecule is CCNC(=NCCCSC)NC1CCOc2ccccc21. The summed E-state index contributed by atoms with van der Waals surface area (Å²) in [6, 6.07) is 8.51. The average molecular weight is 307 g/mol. The van der Waals surface area contributed by atoms with Gasteiger partial charge in [0.25, 0.3) is 0 Å². The predicted octanol–water partition coefficient (Wildman–Crippen LogP) is 2.82. The summed E-state index contributed by atoms with van der Waals surface area (Å²) in [6.07, 6.45) is 4.21. The lowest BCUT2D eigenvalue weighted by molar-refractivity contribution is 0.261. The molecular weight excluding hydrogens is 282 g/mol. The van der Waals surface area contributed by atoms with Gasteiger partial charge in [-0.15, -0.1) is 0 Å². The lowest BCUT2D eigenvalue weighted by atomic mass is 10.0. The van der Waals surface area contributed by atoms with Gasteiger partial charge >= 0.3 is 0 Å². The van der Waals surface area contributed by atoms with Gasteiger partial charge in [0.05, 0.1) is 12.6 Å². The number of hydrogen-bond donors (Lipinski definition) is 2. The smallest absolute Gasteiger partial charge is 0.191 e. The van der Waals surface area contributed by atoms with Crippen LogP contribution in [0.2, 0.25) is 0 Å². The van der Waals surface area contributed by atoms with E-state index >= 15 is 0 Å². The Balaban J connectivity index is 2.00. The van der Waals surface area contributed by atoms with E-state index in [4.69, 9.17) is 4.74 Å². The van der Waals surface area contributed by atoms with Gasteiger partial charge in [-0.1, -0.05) is 18.2 Å². The molecule has 0 bridgehead atoms. The summed E-state index contributed by atoms with van der Waals surface area (Å²) in [5.41, 5.74) is 1.22. The van der Waals surface area contributed by atoms with Gasteiger partial charge in [0.2, 0.25) is 0 Å². The predicted molar refractivity (Wildman–Crippen MR) is 91.4 cm³/mol. The topological polar surface area (TPSA) is 45.7 Å². The first kappa shape index (κ1) is 16.0. The zero-order valence-electron chi connectivity index (χ0n) is 12.9. The third-order valence-corrected chi connectivity index (χ3v) is 4.09. The van der Waals surface area contributed by atoms with E-state index in [2.05, 4.69) is 40.9 Å². The van der Waals surface area contributed by atoms with Crippen LogP contribution in [0, 0.1) is 0 Å². The third kappa shape index (κ3) is 4.84. The molecule has 1 heterocycles. The lowest BCUT2D eigenvalue weighted by Gasteiger charge is -2.28. The van der Waals surface area contributed by atoms with Crippen LogP contribution in [0.4, 0.5) is 0 Å². The molecule has 1 unspecified atom stereocenters. The summed E-state index contributed by atoms with van der Waals surface area (Å²) < 4.78 is 5.71. The fraction of sp³-hybridized carbons (Fsp3) is 0.562. The van der Waals surface area contributed by atoms with Gasteiger partial charge in [-0.25, -0.2) is 0 Å². The minimum absolute atomic E-state index is 0.272. The fourth-order valence-corrected chi connectivity index (χ4v) is 2.79. The van der Waals surface area contributed by atoms with Crippen LogP contribution in [0.5, 0.6) is 5.75 Å². The van der Waals surface area contributed by atoms with Crippen molar-refractivity contribution in [3.05, 3.63) is 29.8 Å². The molecular formula is C16H25N3OS. The van der Waals surface area contributed by atoms with Gasteiger partial charge in [-0.2, -0.15) is 11.8 Å². The van der Waals surface area contributed by atoms with Crippen LogP contribution in [0.25, 0.3) is 0 Å². The van der Waals surface area contributed by atoms with E-state index in [9.17, 15) is 0 Å². The Kier molecular flexibility index (Phi) is 6.73. The quantitative estimate of drug-likeness (QED) is 0.482. The van der Waals surface area contributed by atoms with E-state index in [1.165, 1.54) is 5.56 Å². The molecule has 2 rings (SSSR count). The molecule has 21 heavy (non-hydrogen) atoms. The number of ether oxygens (including phenoxy) is 1. The molecule has 0 aromatic heterocycles. The van der Waals surface area contributed by atoms with Crippen molar-refractivity contribution < 1.29 is 4.74 Å². The van der Waals surface area contributed by atoms with E-state index in [0.29, 0.717) is 0 Å². The zero-order valence-corrected chi connectivity index (χ0v) is 13.7. The van der Waals surface area contributed by atoms with Crippen molar-refractivity contribution in [2.24, 2.45) is 4.99 Å². The lowest BCUT2D eigenvalue weighted by Crippen LogP contribution is -2.41. The number of guanidine groups is 1. The number of rotatable bonds is 6. The summed E-state index contributed by atoms with van der Waals surface area (Å²) in [6.45, 7) is 4.58. The van der Waals surface area contributed by atoms with Gasteiger partial charge in [-0.3, -0.25) is 4.99 Å². The number of nitrogens with one attached hydrogen (secondary N) is 2. The highest BCUT2D eigenvalue weighted by molar-refractivity contribution is 7.98. The number of fused-ring (bicyclic) bond motifs is 1. The van der Waals surface area contributed by atoms with Crippen molar-refractivity contribution in [3.8, 4) is 5.75 Å². The van der Waals surface area contributed by atoms with Gasteiger partial charge < -0.3 is 15.4 Å². The van der Waals surface area contributed by atoms with Crippen LogP contribution in [0.1, 0.15) is 31.4 Å². The summed E-state index contributed by atoms with van der Waals surface area (Å²) in [4.78, 5) is 4.66. The van der Waals surface area contributed by atoms with Crippen molar-refractivity contribution >= 4 is 17.7 Å². The van der Waals surface area contributed by atoms with E-state index in [-0.39, 0.29) is 6.04 Å². The maximum atomic E-state index is 5.71. The Morgan fingerprint density at radius 2 is 2.29 bits per heavy atom. The first-order valence-electron chi connectivity index (χ1n) is 7.60. The molecule has 0 fully saturated rings. The molecule has 0 spiro atoms. The van der Waals surface area contributed by atoms with Gasteiger partial charge in [0.15, 0.2) is 5.96 Å². The third-order valence-electron chi connectivity index (χ3n) is 3.39. The van der Waals surface area contributed by atoms with Crippen molar-refractivity contribution in [3.63, 3.8) is 0 Å². The fourth-order valence-electron chi connectivity index (χ4n) is 2.38. The number of aliphatic imine (C=N–C) groups is 1. The van der Waals surface area contributed by atoms with Crippen LogP contribution >= 0.6 is 11.8 Å². The highest BCUT2D eigenvalue weighted by Gasteiger charge is 2.21. The van der Waals surface area contributed by atoms with Crippen LogP contribution in [0.3, 0.4) is 0 Å². The highest BCUT2D eigenvalue weighted by Crippen LogP contribution is 2.31. The van der Waals surface area contributed by atoms with Gasteiger partial charge in [-0.05, 0) is 31.4 Å².